The number of hydrogen-bond acceptors (Lipinski definition) is 6. The van der Waals surface area contributed by atoms with Gasteiger partial charge in [-0.1, -0.05) is 20.8 Å². The van der Waals surface area contributed by atoms with Crippen LogP contribution in [0.15, 0.2) is 30.3 Å². The first-order valence-electron chi connectivity index (χ1n) is 16.4. The largest absolute Gasteiger partial charge is 0.494 e. The normalized spacial score (nSPS) is 22.3. The van der Waals surface area contributed by atoms with Crippen molar-refractivity contribution in [1.29, 1.82) is 0 Å². The molecular weight excluding hydrogens is 566 g/mol. The lowest BCUT2D eigenvalue weighted by molar-refractivity contribution is -0.129. The number of imidazole rings is 1. The SMILES string of the molecule is COc1cc(C(=O)N2C[C@H](N)[C@@H]3CC[C@H]2C3)cc2nc(-c3cc4ccc([C@@H](C)NC(=O)C(C)(C)C)nc4n3CC3CC3)n(C)c12. The minimum absolute atomic E-state index is 0.00421. The van der Waals surface area contributed by atoms with Crippen molar-refractivity contribution in [1.82, 2.24) is 29.3 Å². The van der Waals surface area contributed by atoms with Gasteiger partial charge in [0, 0.05) is 48.6 Å². The summed E-state index contributed by atoms with van der Waals surface area (Å²) in [7, 11) is 3.64. The van der Waals surface area contributed by atoms with E-state index in [-0.39, 0.29) is 29.9 Å². The Morgan fingerprint density at radius 3 is 2.60 bits per heavy atom. The van der Waals surface area contributed by atoms with Gasteiger partial charge >= 0.3 is 0 Å². The smallest absolute Gasteiger partial charge is 0.254 e. The van der Waals surface area contributed by atoms with Crippen LogP contribution in [0.5, 0.6) is 5.75 Å². The summed E-state index contributed by atoms with van der Waals surface area (Å²) in [5.41, 5.74) is 10.8. The summed E-state index contributed by atoms with van der Waals surface area (Å²) in [5, 5.41) is 4.14. The molecule has 2 saturated carbocycles. The molecule has 45 heavy (non-hydrogen) atoms. The van der Waals surface area contributed by atoms with Crippen LogP contribution in [0, 0.1) is 17.3 Å². The van der Waals surface area contributed by atoms with Gasteiger partial charge in [0.1, 0.15) is 16.9 Å². The Balaban J connectivity index is 1.29. The Morgan fingerprint density at radius 2 is 1.89 bits per heavy atom. The molecule has 10 nitrogen and oxygen atoms in total. The van der Waals surface area contributed by atoms with E-state index in [0.29, 0.717) is 29.7 Å². The second-order valence-corrected chi connectivity index (χ2v) is 14.6. The van der Waals surface area contributed by atoms with Crippen molar-refractivity contribution in [3.8, 4) is 17.3 Å². The molecule has 3 N–H and O–H groups in total. The van der Waals surface area contributed by atoms with E-state index in [4.69, 9.17) is 20.4 Å². The standard InChI is InChI=1S/C35H45N7O3/c1-19(37-34(44)35(2,3)4)26-12-10-22-15-28(42(31(22)38-26)17-20-7-8-20)32-39-27-14-23(16-29(45-6)30(27)40(32)5)33(43)41-18-25(36)21-9-11-24(41)13-21/h10,12,14-16,19-21,24-25H,7-9,11,13,17-18,36H2,1-6H3,(H,37,44)/t19-,21-,24+,25+/m1/s1. The number of aryl methyl sites for hydroxylation is 1. The fourth-order valence-electron chi connectivity index (χ4n) is 7.22. The fourth-order valence-corrected chi connectivity index (χ4v) is 7.22. The zero-order valence-corrected chi connectivity index (χ0v) is 27.3. The molecule has 3 aromatic heterocycles. The highest BCUT2D eigenvalue weighted by molar-refractivity contribution is 6.00. The van der Waals surface area contributed by atoms with Gasteiger partial charge in [0.2, 0.25) is 5.91 Å². The molecule has 10 heteroatoms. The first-order chi connectivity index (χ1) is 21.4. The van der Waals surface area contributed by atoms with Gasteiger partial charge in [0.15, 0.2) is 5.82 Å². The number of ether oxygens (including phenoxy) is 1. The molecule has 1 aliphatic heterocycles. The number of likely N-dealkylation sites (tertiary alicyclic amines) is 1. The predicted octanol–water partition coefficient (Wildman–Crippen LogP) is 5.18. The Morgan fingerprint density at radius 1 is 1.11 bits per heavy atom. The highest BCUT2D eigenvalue weighted by Gasteiger charge is 2.41. The highest BCUT2D eigenvalue weighted by atomic mass is 16.5. The number of hydrogen-bond donors (Lipinski definition) is 2. The zero-order valence-electron chi connectivity index (χ0n) is 27.3. The second-order valence-electron chi connectivity index (χ2n) is 14.6. The van der Waals surface area contributed by atoms with Gasteiger partial charge in [-0.25, -0.2) is 9.97 Å². The quantitative estimate of drug-likeness (QED) is 0.297. The van der Waals surface area contributed by atoms with E-state index in [1.807, 2.05) is 57.8 Å². The number of carbonyl (C=O) groups excluding carboxylic acids is 2. The van der Waals surface area contributed by atoms with Gasteiger partial charge in [-0.15, -0.1) is 0 Å². The van der Waals surface area contributed by atoms with Crippen molar-refractivity contribution in [2.24, 2.45) is 30.0 Å². The lowest BCUT2D eigenvalue weighted by Gasteiger charge is -2.37. The van der Waals surface area contributed by atoms with Crippen LogP contribution in [0.1, 0.15) is 81.9 Å². The minimum atomic E-state index is -0.482. The highest BCUT2D eigenvalue weighted by Crippen LogP contribution is 2.40. The van der Waals surface area contributed by atoms with E-state index in [0.717, 1.165) is 65.1 Å². The molecule has 4 atom stereocenters. The summed E-state index contributed by atoms with van der Waals surface area (Å²) in [6.45, 7) is 9.16. The number of fused-ring (bicyclic) bond motifs is 4. The number of carbonyl (C=O) groups is 2. The van der Waals surface area contributed by atoms with E-state index in [9.17, 15) is 9.59 Å². The van der Waals surface area contributed by atoms with Crippen LogP contribution in [-0.4, -0.2) is 61.6 Å². The maximum Gasteiger partial charge on any atom is 0.254 e. The lowest BCUT2D eigenvalue weighted by Crippen LogP contribution is -2.51. The van der Waals surface area contributed by atoms with Crippen LogP contribution in [0.3, 0.4) is 0 Å². The topological polar surface area (TPSA) is 120 Å². The molecule has 7 rings (SSSR count). The monoisotopic (exact) mass is 611 g/mol. The van der Waals surface area contributed by atoms with E-state index in [2.05, 4.69) is 26.6 Å². The number of nitrogens with zero attached hydrogens (tertiary/aromatic N) is 5. The number of amides is 2. The van der Waals surface area contributed by atoms with Gasteiger partial charge in [0.05, 0.1) is 30.1 Å². The Kier molecular flexibility index (Phi) is 7.18. The number of nitrogens with two attached hydrogens (primary N) is 1. The number of methoxy groups -OCH3 is 1. The van der Waals surface area contributed by atoms with E-state index >= 15 is 0 Å². The molecule has 2 aliphatic carbocycles. The van der Waals surface area contributed by atoms with Gasteiger partial charge < -0.3 is 29.8 Å². The van der Waals surface area contributed by atoms with Gasteiger partial charge in [-0.2, -0.15) is 0 Å². The van der Waals surface area contributed by atoms with Crippen LogP contribution in [0.25, 0.3) is 33.6 Å². The van der Waals surface area contributed by atoms with Crippen LogP contribution in [0.2, 0.25) is 0 Å². The summed E-state index contributed by atoms with van der Waals surface area (Å²) in [5.74, 6) is 2.52. The maximum absolute atomic E-state index is 13.9. The molecule has 4 heterocycles. The molecule has 0 spiro atoms. The Labute approximate surface area is 264 Å². The molecule has 0 radical (unpaired) electrons. The van der Waals surface area contributed by atoms with Gasteiger partial charge in [-0.3, -0.25) is 9.59 Å². The molecule has 3 aliphatic rings. The number of piperidine rings is 1. The third-order valence-corrected chi connectivity index (χ3v) is 10.2. The van der Waals surface area contributed by atoms with Crippen molar-refractivity contribution in [3.63, 3.8) is 0 Å². The Bertz CT molecular complexity index is 1810. The van der Waals surface area contributed by atoms with Crippen LogP contribution < -0.4 is 15.8 Å². The summed E-state index contributed by atoms with van der Waals surface area (Å²) < 4.78 is 10.2. The summed E-state index contributed by atoms with van der Waals surface area (Å²) in [4.78, 5) is 38.8. The van der Waals surface area contributed by atoms with Crippen LogP contribution >= 0.6 is 0 Å². The summed E-state index contributed by atoms with van der Waals surface area (Å²) >= 11 is 0. The van der Waals surface area contributed by atoms with Crippen molar-refractivity contribution in [2.75, 3.05) is 13.7 Å². The average molecular weight is 612 g/mol. The van der Waals surface area contributed by atoms with Crippen LogP contribution in [-0.2, 0) is 18.4 Å². The lowest BCUT2D eigenvalue weighted by atomic mass is 9.94. The molecular formula is C35H45N7O3. The molecule has 3 fully saturated rings. The van der Waals surface area contributed by atoms with Crippen molar-refractivity contribution >= 4 is 33.9 Å². The second kappa shape index (κ2) is 10.9. The van der Waals surface area contributed by atoms with E-state index in [1.165, 1.54) is 12.8 Å². The first kappa shape index (κ1) is 29.8. The number of nitrogens with one attached hydrogen (secondary N) is 1. The fraction of sp³-hybridized carbons (Fsp3) is 0.543. The number of rotatable bonds is 7. The van der Waals surface area contributed by atoms with Gasteiger partial charge in [0.25, 0.3) is 5.91 Å². The number of pyridine rings is 1. The molecule has 1 saturated heterocycles. The summed E-state index contributed by atoms with van der Waals surface area (Å²) in [6.07, 6.45) is 5.49. The minimum Gasteiger partial charge on any atom is -0.494 e. The summed E-state index contributed by atoms with van der Waals surface area (Å²) in [6, 6.07) is 10.0. The Hall–Kier alpha value is -3.92. The first-order valence-corrected chi connectivity index (χ1v) is 16.4. The third kappa shape index (κ3) is 5.26. The molecule has 0 unspecified atom stereocenters. The van der Waals surface area contributed by atoms with Gasteiger partial charge in [-0.05, 0) is 81.2 Å². The maximum atomic E-state index is 13.9. The molecule has 2 bridgehead atoms. The van der Waals surface area contributed by atoms with Crippen molar-refractivity contribution < 1.29 is 14.3 Å². The van der Waals surface area contributed by atoms with Crippen molar-refractivity contribution in [3.05, 3.63) is 41.6 Å². The number of benzene rings is 1. The number of aromatic nitrogens is 4. The molecule has 2 amide bonds. The van der Waals surface area contributed by atoms with E-state index < -0.39 is 5.41 Å². The van der Waals surface area contributed by atoms with E-state index in [1.54, 1.807) is 7.11 Å². The average Bonchev–Trinajstić information content (AvgIpc) is 3.47. The van der Waals surface area contributed by atoms with Crippen molar-refractivity contribution in [2.45, 2.75) is 84.5 Å². The molecule has 1 aromatic carbocycles. The molecule has 4 aromatic rings. The predicted molar refractivity (Wildman–Crippen MR) is 175 cm³/mol. The zero-order chi connectivity index (χ0) is 31.8. The molecule has 238 valence electrons. The van der Waals surface area contributed by atoms with Crippen LogP contribution in [0.4, 0.5) is 0 Å². The third-order valence-electron chi connectivity index (χ3n) is 10.2.